The van der Waals surface area contributed by atoms with E-state index in [9.17, 15) is 14.7 Å². The summed E-state index contributed by atoms with van der Waals surface area (Å²) in [6.07, 6.45) is 2.97. The highest BCUT2D eigenvalue weighted by Gasteiger charge is 2.46. The molecule has 1 amide bonds. The molecule has 4 rings (SSSR count). The molecule has 0 aliphatic carbocycles. The Morgan fingerprint density at radius 2 is 1.97 bits per heavy atom. The number of Topliss-reactive ketones (excluding diaryl/α,β-unsaturated/α-hetero) is 1. The second kappa shape index (κ2) is 7.73. The zero-order valence-corrected chi connectivity index (χ0v) is 16.8. The van der Waals surface area contributed by atoms with E-state index in [0.717, 1.165) is 4.88 Å². The van der Waals surface area contributed by atoms with Crippen molar-refractivity contribution in [2.75, 3.05) is 20.6 Å². The molecule has 3 aromatic rings. The monoisotopic (exact) mass is 412 g/mol. The minimum Gasteiger partial charge on any atom is -0.503 e. The number of amides is 1. The van der Waals surface area contributed by atoms with Crippen molar-refractivity contribution in [3.63, 3.8) is 0 Å². The highest BCUT2D eigenvalue weighted by Crippen LogP contribution is 2.42. The van der Waals surface area contributed by atoms with Crippen LogP contribution < -0.4 is 0 Å². The van der Waals surface area contributed by atoms with E-state index in [1.54, 1.807) is 18.4 Å². The Kier molecular flexibility index (Phi) is 5.12. The number of carbonyl (C=O) groups excluding carboxylic acids is 2. The van der Waals surface area contributed by atoms with Gasteiger partial charge >= 0.3 is 0 Å². The minimum atomic E-state index is -0.697. The third kappa shape index (κ3) is 3.41. The molecule has 1 aliphatic heterocycles. The number of aliphatic hydroxyl groups is 1. The molecule has 8 heteroatoms. The van der Waals surface area contributed by atoms with E-state index < -0.39 is 23.5 Å². The maximum absolute atomic E-state index is 13.0. The molecule has 0 aromatic carbocycles. The fraction of sp³-hybridized carbons (Fsp3) is 0.238. The van der Waals surface area contributed by atoms with Gasteiger partial charge in [-0.05, 0) is 49.8 Å². The van der Waals surface area contributed by atoms with Crippen LogP contribution in [0.4, 0.5) is 0 Å². The zero-order chi connectivity index (χ0) is 20.5. The van der Waals surface area contributed by atoms with Gasteiger partial charge in [-0.15, -0.1) is 11.3 Å². The Morgan fingerprint density at radius 1 is 1.21 bits per heavy atom. The summed E-state index contributed by atoms with van der Waals surface area (Å²) in [4.78, 5) is 30.3. The Hall–Kier alpha value is -3.10. The van der Waals surface area contributed by atoms with Crippen LogP contribution in [0.1, 0.15) is 33.3 Å². The van der Waals surface area contributed by atoms with Crippen LogP contribution in [0.2, 0.25) is 0 Å². The molecule has 0 saturated heterocycles. The lowest BCUT2D eigenvalue weighted by Gasteiger charge is -2.31. The molecule has 0 spiro atoms. The van der Waals surface area contributed by atoms with E-state index in [2.05, 4.69) is 0 Å². The predicted octanol–water partition coefficient (Wildman–Crippen LogP) is 3.82. The molecule has 0 saturated carbocycles. The minimum absolute atomic E-state index is 0.0318. The van der Waals surface area contributed by atoms with E-state index >= 15 is 0 Å². The SMILES string of the molecule is CN(C)C(CN1C(=O)C(O)=C(C(=O)c2ccco2)C1c1cccs1)c1ccco1. The van der Waals surface area contributed by atoms with E-state index in [1.165, 1.54) is 28.6 Å². The Balaban J connectivity index is 1.74. The molecular weight excluding hydrogens is 392 g/mol. The molecule has 1 aliphatic rings. The molecule has 4 heterocycles. The van der Waals surface area contributed by atoms with Crippen molar-refractivity contribution in [3.05, 3.63) is 82.0 Å². The van der Waals surface area contributed by atoms with Crippen molar-refractivity contribution < 1.29 is 23.5 Å². The molecule has 2 unspecified atom stereocenters. The summed E-state index contributed by atoms with van der Waals surface area (Å²) in [5, 5.41) is 12.5. The quantitative estimate of drug-likeness (QED) is 0.594. The van der Waals surface area contributed by atoms with Gasteiger partial charge in [-0.2, -0.15) is 0 Å². The summed E-state index contributed by atoms with van der Waals surface area (Å²) in [5.41, 5.74) is 0.0318. The lowest BCUT2D eigenvalue weighted by molar-refractivity contribution is -0.130. The van der Waals surface area contributed by atoms with Crippen LogP contribution in [0, 0.1) is 0 Å². The molecular formula is C21H20N2O5S. The predicted molar refractivity (Wildman–Crippen MR) is 107 cm³/mol. The smallest absolute Gasteiger partial charge is 0.290 e. The number of thiophene rings is 1. The lowest BCUT2D eigenvalue weighted by Crippen LogP contribution is -2.38. The van der Waals surface area contributed by atoms with Gasteiger partial charge in [-0.3, -0.25) is 14.5 Å². The number of ketones is 1. The van der Waals surface area contributed by atoms with Crippen LogP contribution in [-0.4, -0.2) is 47.2 Å². The second-order valence-electron chi connectivity index (χ2n) is 6.94. The van der Waals surface area contributed by atoms with Gasteiger partial charge in [0.15, 0.2) is 11.5 Å². The standard InChI is InChI=1S/C21H20N2O5S/c1-22(2)13(14-6-3-9-27-14)12-23-18(16-8-5-11-29-16)17(20(25)21(23)26)19(24)15-7-4-10-28-15/h3-11,13,18,25H,12H2,1-2H3. The number of hydrogen-bond donors (Lipinski definition) is 1. The van der Waals surface area contributed by atoms with Crippen molar-refractivity contribution >= 4 is 23.0 Å². The summed E-state index contributed by atoms with van der Waals surface area (Å²) < 4.78 is 10.8. The fourth-order valence-corrected chi connectivity index (χ4v) is 4.38. The van der Waals surface area contributed by atoms with Gasteiger partial charge in [0.1, 0.15) is 5.76 Å². The number of nitrogens with zero attached hydrogens (tertiary/aromatic N) is 2. The molecule has 150 valence electrons. The third-order valence-electron chi connectivity index (χ3n) is 4.97. The second-order valence-corrected chi connectivity index (χ2v) is 7.92. The summed E-state index contributed by atoms with van der Waals surface area (Å²) >= 11 is 1.42. The average molecular weight is 412 g/mol. The van der Waals surface area contributed by atoms with Gasteiger partial charge in [0.05, 0.1) is 30.2 Å². The number of hydrogen-bond acceptors (Lipinski definition) is 7. The molecule has 7 nitrogen and oxygen atoms in total. The number of rotatable bonds is 7. The van der Waals surface area contributed by atoms with Gasteiger partial charge in [0, 0.05) is 11.4 Å². The number of aliphatic hydroxyl groups excluding tert-OH is 1. The van der Waals surface area contributed by atoms with Gasteiger partial charge in [-0.1, -0.05) is 6.07 Å². The molecule has 1 N–H and O–H groups in total. The highest BCUT2D eigenvalue weighted by atomic mass is 32.1. The Labute approximate surface area is 171 Å². The molecule has 0 radical (unpaired) electrons. The van der Waals surface area contributed by atoms with E-state index in [-0.39, 0.29) is 23.9 Å². The van der Waals surface area contributed by atoms with Crippen LogP contribution in [0.3, 0.4) is 0 Å². The van der Waals surface area contributed by atoms with Gasteiger partial charge in [0.25, 0.3) is 5.91 Å². The van der Waals surface area contributed by atoms with Crippen molar-refractivity contribution in [3.8, 4) is 0 Å². The number of furan rings is 2. The number of likely N-dealkylation sites (N-methyl/N-ethyl adjacent to an activating group) is 1. The van der Waals surface area contributed by atoms with Crippen molar-refractivity contribution in [2.45, 2.75) is 12.1 Å². The molecule has 2 atom stereocenters. The van der Waals surface area contributed by atoms with E-state index in [4.69, 9.17) is 8.83 Å². The molecule has 0 bridgehead atoms. The third-order valence-corrected chi connectivity index (χ3v) is 5.90. The summed E-state index contributed by atoms with van der Waals surface area (Å²) in [5.74, 6) is -0.851. The van der Waals surface area contributed by atoms with Crippen molar-refractivity contribution in [2.24, 2.45) is 0 Å². The van der Waals surface area contributed by atoms with Crippen LogP contribution in [0.25, 0.3) is 0 Å². The highest BCUT2D eigenvalue weighted by molar-refractivity contribution is 7.10. The van der Waals surface area contributed by atoms with Crippen LogP contribution in [0.5, 0.6) is 0 Å². The first-order chi connectivity index (χ1) is 14.0. The maximum atomic E-state index is 13.0. The van der Waals surface area contributed by atoms with E-state index in [0.29, 0.717) is 5.76 Å². The van der Waals surface area contributed by atoms with E-state index in [1.807, 2.05) is 42.6 Å². The topological polar surface area (TPSA) is 87.1 Å². The fourth-order valence-electron chi connectivity index (χ4n) is 3.53. The van der Waals surface area contributed by atoms with Crippen molar-refractivity contribution in [1.82, 2.24) is 9.80 Å². The van der Waals surface area contributed by atoms with Crippen LogP contribution >= 0.6 is 11.3 Å². The van der Waals surface area contributed by atoms with Gasteiger partial charge in [0.2, 0.25) is 5.78 Å². The largest absolute Gasteiger partial charge is 0.503 e. The average Bonchev–Trinajstić information content (AvgIpc) is 3.49. The van der Waals surface area contributed by atoms with Gasteiger partial charge < -0.3 is 18.8 Å². The Bertz CT molecular complexity index is 1020. The maximum Gasteiger partial charge on any atom is 0.290 e. The van der Waals surface area contributed by atoms with Crippen LogP contribution in [-0.2, 0) is 4.79 Å². The molecule has 3 aromatic heterocycles. The first kappa shape index (κ1) is 19.2. The number of carbonyl (C=O) groups is 2. The Morgan fingerprint density at radius 3 is 2.55 bits per heavy atom. The van der Waals surface area contributed by atoms with Gasteiger partial charge in [-0.25, -0.2) is 0 Å². The summed E-state index contributed by atoms with van der Waals surface area (Å²) in [7, 11) is 3.77. The zero-order valence-electron chi connectivity index (χ0n) is 15.9. The lowest BCUT2D eigenvalue weighted by atomic mass is 10.00. The first-order valence-electron chi connectivity index (χ1n) is 9.04. The molecule has 29 heavy (non-hydrogen) atoms. The summed E-state index contributed by atoms with van der Waals surface area (Å²) in [6, 6.07) is 9.50. The normalized spacial score (nSPS) is 18.1. The first-order valence-corrected chi connectivity index (χ1v) is 9.92. The van der Waals surface area contributed by atoms with Crippen molar-refractivity contribution in [1.29, 1.82) is 0 Å². The van der Waals surface area contributed by atoms with Crippen LogP contribution in [0.15, 0.2) is 74.5 Å². The molecule has 0 fully saturated rings. The summed E-state index contributed by atoms with van der Waals surface area (Å²) in [6.45, 7) is 0.237.